The van der Waals surface area contributed by atoms with Crippen molar-refractivity contribution in [2.24, 2.45) is 0 Å². The molecule has 4 heteroatoms. The van der Waals surface area contributed by atoms with Gasteiger partial charge in [0.2, 0.25) is 0 Å². The Morgan fingerprint density at radius 3 is 2.82 bits per heavy atom. The van der Waals surface area contributed by atoms with Crippen molar-refractivity contribution in [2.75, 3.05) is 11.9 Å². The van der Waals surface area contributed by atoms with E-state index in [9.17, 15) is 0 Å². The first-order valence-corrected chi connectivity index (χ1v) is 7.42. The minimum absolute atomic E-state index is 0.767. The fourth-order valence-electron chi connectivity index (χ4n) is 2.12. The normalized spacial score (nSPS) is 16.4. The number of rotatable bonds is 5. The SMILES string of the molecule is CCCNc1cc(SC2CCCC2)nc(C)n1. The molecule has 0 bridgehead atoms. The molecule has 0 amide bonds. The highest BCUT2D eigenvalue weighted by Crippen LogP contribution is 2.34. The molecule has 1 aromatic rings. The smallest absolute Gasteiger partial charge is 0.130 e. The number of nitrogens with zero attached hydrogens (tertiary/aromatic N) is 2. The molecule has 0 atom stereocenters. The third-order valence-electron chi connectivity index (χ3n) is 2.96. The Hall–Kier alpha value is -0.770. The van der Waals surface area contributed by atoms with Crippen molar-refractivity contribution in [1.29, 1.82) is 0 Å². The highest BCUT2D eigenvalue weighted by molar-refractivity contribution is 7.99. The van der Waals surface area contributed by atoms with Gasteiger partial charge in [0.25, 0.3) is 0 Å². The Kier molecular flexibility index (Phi) is 4.66. The monoisotopic (exact) mass is 251 g/mol. The van der Waals surface area contributed by atoms with Gasteiger partial charge in [0.15, 0.2) is 0 Å². The molecule has 1 aliphatic carbocycles. The molecular weight excluding hydrogens is 230 g/mol. The first-order chi connectivity index (χ1) is 8.28. The summed E-state index contributed by atoms with van der Waals surface area (Å²) in [5.41, 5.74) is 0. The maximum absolute atomic E-state index is 4.52. The molecule has 0 spiro atoms. The highest BCUT2D eigenvalue weighted by Gasteiger charge is 2.17. The van der Waals surface area contributed by atoms with E-state index < -0.39 is 0 Å². The zero-order chi connectivity index (χ0) is 12.1. The Bertz CT molecular complexity index is 362. The molecule has 17 heavy (non-hydrogen) atoms. The van der Waals surface area contributed by atoms with Gasteiger partial charge in [-0.05, 0) is 26.2 Å². The molecule has 2 rings (SSSR count). The van der Waals surface area contributed by atoms with E-state index >= 15 is 0 Å². The highest BCUT2D eigenvalue weighted by atomic mass is 32.2. The van der Waals surface area contributed by atoms with Gasteiger partial charge >= 0.3 is 0 Å². The lowest BCUT2D eigenvalue weighted by molar-refractivity contribution is 0.886. The Morgan fingerprint density at radius 1 is 1.35 bits per heavy atom. The number of hydrogen-bond donors (Lipinski definition) is 1. The number of nitrogens with one attached hydrogen (secondary N) is 1. The summed E-state index contributed by atoms with van der Waals surface area (Å²) < 4.78 is 0. The van der Waals surface area contributed by atoms with E-state index in [2.05, 4.69) is 28.3 Å². The van der Waals surface area contributed by atoms with Crippen LogP contribution in [0.3, 0.4) is 0 Å². The average molecular weight is 251 g/mol. The second-order valence-electron chi connectivity index (χ2n) is 4.59. The van der Waals surface area contributed by atoms with Gasteiger partial charge in [0.05, 0.1) is 0 Å². The zero-order valence-corrected chi connectivity index (χ0v) is 11.5. The van der Waals surface area contributed by atoms with Crippen molar-refractivity contribution in [3.8, 4) is 0 Å². The topological polar surface area (TPSA) is 37.8 Å². The van der Waals surface area contributed by atoms with Gasteiger partial charge in [-0.3, -0.25) is 0 Å². The predicted molar refractivity (Wildman–Crippen MR) is 73.7 cm³/mol. The number of hydrogen-bond acceptors (Lipinski definition) is 4. The standard InChI is InChI=1S/C13H21N3S/c1-3-8-14-12-9-13(16-10(2)15-12)17-11-6-4-5-7-11/h9,11H,3-8H2,1-2H3,(H,14,15,16). The fourth-order valence-corrected chi connectivity index (χ4v) is 3.40. The lowest BCUT2D eigenvalue weighted by Gasteiger charge is -2.10. The van der Waals surface area contributed by atoms with Crippen molar-refractivity contribution >= 4 is 17.6 Å². The van der Waals surface area contributed by atoms with E-state index in [-0.39, 0.29) is 0 Å². The first kappa shape index (κ1) is 12.7. The summed E-state index contributed by atoms with van der Waals surface area (Å²) >= 11 is 1.92. The van der Waals surface area contributed by atoms with Crippen LogP contribution in [-0.2, 0) is 0 Å². The molecule has 1 heterocycles. The molecule has 1 aromatic heterocycles. The van der Waals surface area contributed by atoms with E-state index in [0.717, 1.165) is 34.9 Å². The molecule has 1 aliphatic rings. The van der Waals surface area contributed by atoms with Crippen LogP contribution in [0.4, 0.5) is 5.82 Å². The van der Waals surface area contributed by atoms with Crippen molar-refractivity contribution in [3.05, 3.63) is 11.9 Å². The Labute approximate surface area is 108 Å². The van der Waals surface area contributed by atoms with Crippen LogP contribution >= 0.6 is 11.8 Å². The Balaban J connectivity index is 2.02. The molecule has 1 N–H and O–H groups in total. The number of anilines is 1. The maximum atomic E-state index is 4.52. The largest absolute Gasteiger partial charge is 0.370 e. The molecule has 0 aromatic carbocycles. The summed E-state index contributed by atoms with van der Waals surface area (Å²) in [4.78, 5) is 8.93. The van der Waals surface area contributed by atoms with Crippen molar-refractivity contribution in [1.82, 2.24) is 9.97 Å². The van der Waals surface area contributed by atoms with E-state index in [4.69, 9.17) is 0 Å². The molecule has 0 aliphatic heterocycles. The second-order valence-corrected chi connectivity index (χ2v) is 5.91. The Morgan fingerprint density at radius 2 is 2.12 bits per heavy atom. The van der Waals surface area contributed by atoms with E-state index in [1.54, 1.807) is 0 Å². The van der Waals surface area contributed by atoms with Gasteiger partial charge in [-0.25, -0.2) is 9.97 Å². The van der Waals surface area contributed by atoms with Crippen molar-refractivity contribution < 1.29 is 0 Å². The van der Waals surface area contributed by atoms with Gasteiger partial charge in [0, 0.05) is 17.9 Å². The van der Waals surface area contributed by atoms with Crippen molar-refractivity contribution in [3.63, 3.8) is 0 Å². The maximum Gasteiger partial charge on any atom is 0.130 e. The number of aromatic nitrogens is 2. The minimum Gasteiger partial charge on any atom is -0.370 e. The lowest BCUT2D eigenvalue weighted by Crippen LogP contribution is -2.05. The molecule has 3 nitrogen and oxygen atoms in total. The minimum atomic E-state index is 0.767. The van der Waals surface area contributed by atoms with Crippen LogP contribution < -0.4 is 5.32 Å². The molecule has 0 unspecified atom stereocenters. The third-order valence-corrected chi connectivity index (χ3v) is 4.22. The van der Waals surface area contributed by atoms with Gasteiger partial charge in [-0.15, -0.1) is 11.8 Å². The van der Waals surface area contributed by atoms with Gasteiger partial charge in [0.1, 0.15) is 16.7 Å². The molecule has 0 saturated heterocycles. The summed E-state index contributed by atoms with van der Waals surface area (Å²) in [5, 5.41) is 5.23. The first-order valence-electron chi connectivity index (χ1n) is 6.54. The fraction of sp³-hybridized carbons (Fsp3) is 0.692. The van der Waals surface area contributed by atoms with Gasteiger partial charge in [-0.1, -0.05) is 19.8 Å². The molecule has 1 fully saturated rings. The van der Waals surface area contributed by atoms with Gasteiger partial charge in [-0.2, -0.15) is 0 Å². The summed E-state index contributed by atoms with van der Waals surface area (Å²) in [6.45, 7) is 5.11. The van der Waals surface area contributed by atoms with Crippen LogP contribution in [0.5, 0.6) is 0 Å². The van der Waals surface area contributed by atoms with E-state index in [1.807, 2.05) is 18.7 Å². The van der Waals surface area contributed by atoms with Crippen LogP contribution in [0.25, 0.3) is 0 Å². The number of aryl methyl sites for hydroxylation is 1. The van der Waals surface area contributed by atoms with Crippen LogP contribution in [0, 0.1) is 6.92 Å². The zero-order valence-electron chi connectivity index (χ0n) is 10.7. The van der Waals surface area contributed by atoms with E-state index in [0.29, 0.717) is 0 Å². The molecular formula is C13H21N3S. The van der Waals surface area contributed by atoms with Gasteiger partial charge < -0.3 is 5.32 Å². The number of thioether (sulfide) groups is 1. The lowest BCUT2D eigenvalue weighted by atomic mass is 10.4. The third kappa shape index (κ3) is 3.87. The summed E-state index contributed by atoms with van der Waals surface area (Å²) in [7, 11) is 0. The quantitative estimate of drug-likeness (QED) is 0.811. The second kappa shape index (κ2) is 6.24. The van der Waals surface area contributed by atoms with E-state index in [1.165, 1.54) is 25.7 Å². The molecule has 94 valence electrons. The summed E-state index contributed by atoms with van der Waals surface area (Å²) in [6, 6.07) is 2.09. The van der Waals surface area contributed by atoms with Crippen LogP contribution in [0.2, 0.25) is 0 Å². The average Bonchev–Trinajstić information content (AvgIpc) is 2.78. The molecule has 1 saturated carbocycles. The summed E-state index contributed by atoms with van der Waals surface area (Å²) in [6.07, 6.45) is 6.55. The van der Waals surface area contributed by atoms with Crippen molar-refractivity contribution in [2.45, 2.75) is 56.2 Å². The van der Waals surface area contributed by atoms with Crippen LogP contribution in [-0.4, -0.2) is 21.8 Å². The van der Waals surface area contributed by atoms with Crippen LogP contribution in [0.15, 0.2) is 11.1 Å². The predicted octanol–water partition coefficient (Wildman–Crippen LogP) is 3.64. The van der Waals surface area contributed by atoms with Crippen LogP contribution in [0.1, 0.15) is 44.9 Å². The summed E-state index contributed by atoms with van der Waals surface area (Å²) in [5.74, 6) is 1.84. The molecule has 0 radical (unpaired) electrons.